The number of hydrogen-bond donors (Lipinski definition) is 1. The highest BCUT2D eigenvalue weighted by Crippen LogP contribution is 2.19. The van der Waals surface area contributed by atoms with Crippen LogP contribution in [-0.2, 0) is 0 Å². The van der Waals surface area contributed by atoms with Crippen molar-refractivity contribution in [3.8, 4) is 11.7 Å². The molecule has 2 aromatic carbocycles. The molecule has 0 saturated heterocycles. The molecule has 8 heteroatoms. The Morgan fingerprint density at radius 2 is 1.52 bits per heavy atom. The normalized spacial score (nSPS) is 10.5. The van der Waals surface area contributed by atoms with Crippen LogP contribution in [0.25, 0.3) is 11.7 Å². The molecule has 0 fully saturated rings. The molecule has 2 aromatic heterocycles. The Balaban J connectivity index is 1.46. The van der Waals surface area contributed by atoms with Crippen molar-refractivity contribution in [3.05, 3.63) is 83.6 Å². The van der Waals surface area contributed by atoms with Gasteiger partial charge in [-0.25, -0.2) is 0 Å². The van der Waals surface area contributed by atoms with Crippen LogP contribution in [0.2, 0.25) is 0 Å². The molecule has 1 amide bonds. The predicted octanol–water partition coefficient (Wildman–Crippen LogP) is 3.21. The Hall–Kier alpha value is -4.07. The van der Waals surface area contributed by atoms with Crippen LogP contribution in [0.4, 0.5) is 6.01 Å². The summed E-state index contributed by atoms with van der Waals surface area (Å²) in [6.45, 7) is 0. The molecule has 2 heterocycles. The summed E-state index contributed by atoms with van der Waals surface area (Å²) >= 11 is 0. The summed E-state index contributed by atoms with van der Waals surface area (Å²) in [6, 6.07) is 16.7. The Bertz CT molecular complexity index is 1070. The van der Waals surface area contributed by atoms with Crippen molar-refractivity contribution in [1.82, 2.24) is 15.4 Å². The quantitative estimate of drug-likeness (QED) is 0.544. The first-order valence-electron chi connectivity index (χ1n) is 7.96. The van der Waals surface area contributed by atoms with Crippen LogP contribution >= 0.6 is 0 Å². The van der Waals surface area contributed by atoms with E-state index in [0.717, 1.165) is 0 Å². The van der Waals surface area contributed by atoms with E-state index >= 15 is 0 Å². The molecule has 0 bridgehead atoms. The largest absolute Gasteiger partial charge is 0.400 e. The predicted molar refractivity (Wildman–Crippen MR) is 94.1 cm³/mol. The Morgan fingerprint density at radius 1 is 0.815 bits per heavy atom. The van der Waals surface area contributed by atoms with Gasteiger partial charge < -0.3 is 8.94 Å². The summed E-state index contributed by atoms with van der Waals surface area (Å²) in [5, 5.41) is 13.5. The Labute approximate surface area is 152 Å². The molecule has 1 N–H and O–H groups in total. The van der Waals surface area contributed by atoms with Gasteiger partial charge in [0.25, 0.3) is 11.8 Å². The minimum atomic E-state index is -0.443. The van der Waals surface area contributed by atoms with E-state index in [-0.39, 0.29) is 17.7 Å². The molecular formula is C19H12N4O4. The van der Waals surface area contributed by atoms with Crippen molar-refractivity contribution < 1.29 is 18.5 Å². The number of benzene rings is 2. The average molecular weight is 360 g/mol. The zero-order valence-electron chi connectivity index (χ0n) is 13.8. The van der Waals surface area contributed by atoms with Gasteiger partial charge in [0.2, 0.25) is 5.76 Å². The van der Waals surface area contributed by atoms with Crippen LogP contribution < -0.4 is 5.32 Å². The maximum Gasteiger partial charge on any atom is 0.322 e. The average Bonchev–Trinajstić information content (AvgIpc) is 3.40. The number of rotatable bonds is 5. The lowest BCUT2D eigenvalue weighted by molar-refractivity contribution is 0.101. The van der Waals surface area contributed by atoms with Crippen molar-refractivity contribution in [2.24, 2.45) is 0 Å². The van der Waals surface area contributed by atoms with Gasteiger partial charge in [-0.3, -0.25) is 14.9 Å². The van der Waals surface area contributed by atoms with Crippen molar-refractivity contribution >= 4 is 17.7 Å². The first kappa shape index (κ1) is 16.4. The van der Waals surface area contributed by atoms with E-state index in [1.165, 1.54) is 6.20 Å². The molecule has 0 aliphatic carbocycles. The molecule has 4 aromatic rings. The Morgan fingerprint density at radius 3 is 2.22 bits per heavy atom. The molecule has 4 rings (SSSR count). The topological polar surface area (TPSA) is 111 Å². The molecule has 132 valence electrons. The van der Waals surface area contributed by atoms with Crippen LogP contribution in [-0.4, -0.2) is 27.0 Å². The standard InChI is InChI=1S/C19H12N4O4/c24-16(12-4-2-1-3-5-12)13-6-8-14(9-7-13)17(25)21-19-23-22-18(26-19)15-10-11-20-27-15/h1-11H,(H,21,23,25). The van der Waals surface area contributed by atoms with Gasteiger partial charge in [-0.2, -0.15) is 0 Å². The lowest BCUT2D eigenvalue weighted by Crippen LogP contribution is -2.12. The Kier molecular flexibility index (Phi) is 4.28. The minimum Gasteiger partial charge on any atom is -0.400 e. The second-order valence-electron chi connectivity index (χ2n) is 5.52. The second kappa shape index (κ2) is 7.04. The number of amides is 1. The molecule has 8 nitrogen and oxygen atoms in total. The van der Waals surface area contributed by atoms with Gasteiger partial charge in [0.15, 0.2) is 5.78 Å². The second-order valence-corrected chi connectivity index (χ2v) is 5.52. The monoisotopic (exact) mass is 360 g/mol. The molecule has 27 heavy (non-hydrogen) atoms. The minimum absolute atomic E-state index is 0.0733. The van der Waals surface area contributed by atoms with Gasteiger partial charge in [0.05, 0.1) is 6.20 Å². The fourth-order valence-electron chi connectivity index (χ4n) is 2.40. The summed E-state index contributed by atoms with van der Waals surface area (Å²) in [5.41, 5.74) is 1.42. The number of anilines is 1. The summed E-state index contributed by atoms with van der Waals surface area (Å²) < 4.78 is 10.2. The molecule has 0 aliphatic heterocycles. The molecule has 0 radical (unpaired) electrons. The fraction of sp³-hybridized carbons (Fsp3) is 0. The fourth-order valence-corrected chi connectivity index (χ4v) is 2.40. The third-order valence-electron chi connectivity index (χ3n) is 3.74. The van der Waals surface area contributed by atoms with Gasteiger partial charge in [0, 0.05) is 22.8 Å². The van der Waals surface area contributed by atoms with Crippen LogP contribution in [0.15, 0.2) is 75.8 Å². The van der Waals surface area contributed by atoms with Gasteiger partial charge >= 0.3 is 6.01 Å². The number of aromatic nitrogens is 3. The van der Waals surface area contributed by atoms with Crippen molar-refractivity contribution in [1.29, 1.82) is 0 Å². The van der Waals surface area contributed by atoms with Crippen LogP contribution in [0.5, 0.6) is 0 Å². The number of nitrogens with zero attached hydrogens (tertiary/aromatic N) is 3. The van der Waals surface area contributed by atoms with Crippen LogP contribution in [0.1, 0.15) is 26.3 Å². The van der Waals surface area contributed by atoms with E-state index in [1.807, 2.05) is 6.07 Å². The van der Waals surface area contributed by atoms with E-state index in [1.54, 1.807) is 54.6 Å². The summed E-state index contributed by atoms with van der Waals surface area (Å²) in [5.74, 6) is -0.156. The van der Waals surface area contributed by atoms with Crippen molar-refractivity contribution in [2.45, 2.75) is 0 Å². The highest BCUT2D eigenvalue weighted by atomic mass is 16.5. The van der Waals surface area contributed by atoms with Gasteiger partial charge in [-0.05, 0) is 12.1 Å². The van der Waals surface area contributed by atoms with Crippen LogP contribution in [0.3, 0.4) is 0 Å². The lowest BCUT2D eigenvalue weighted by atomic mass is 10.0. The molecule has 0 aliphatic rings. The number of hydrogen-bond acceptors (Lipinski definition) is 7. The number of carbonyl (C=O) groups is 2. The van der Waals surface area contributed by atoms with Gasteiger partial charge in [-0.1, -0.05) is 52.7 Å². The summed E-state index contributed by atoms with van der Waals surface area (Å²) in [6.07, 6.45) is 1.44. The first-order valence-corrected chi connectivity index (χ1v) is 7.96. The van der Waals surface area contributed by atoms with E-state index < -0.39 is 5.91 Å². The molecule has 0 saturated carbocycles. The van der Waals surface area contributed by atoms with Crippen LogP contribution in [0, 0.1) is 0 Å². The molecular weight excluding hydrogens is 348 g/mol. The molecule has 0 atom stereocenters. The smallest absolute Gasteiger partial charge is 0.322 e. The highest BCUT2D eigenvalue weighted by molar-refractivity contribution is 6.10. The molecule has 0 unspecified atom stereocenters. The maximum absolute atomic E-state index is 12.4. The zero-order chi connectivity index (χ0) is 18.6. The SMILES string of the molecule is O=C(Nc1nnc(-c2ccno2)o1)c1ccc(C(=O)c2ccccc2)cc1. The zero-order valence-corrected chi connectivity index (χ0v) is 13.8. The number of carbonyl (C=O) groups excluding carboxylic acids is 2. The van der Waals surface area contributed by atoms with Crippen molar-refractivity contribution in [3.63, 3.8) is 0 Å². The lowest BCUT2D eigenvalue weighted by Gasteiger charge is -2.03. The van der Waals surface area contributed by atoms with Crippen molar-refractivity contribution in [2.75, 3.05) is 5.32 Å². The maximum atomic E-state index is 12.4. The third-order valence-corrected chi connectivity index (χ3v) is 3.74. The number of nitrogens with one attached hydrogen (secondary N) is 1. The number of ketones is 1. The first-order chi connectivity index (χ1) is 13.2. The van der Waals surface area contributed by atoms with Gasteiger partial charge in [-0.15, -0.1) is 5.10 Å². The van der Waals surface area contributed by atoms with E-state index in [2.05, 4.69) is 20.7 Å². The highest BCUT2D eigenvalue weighted by Gasteiger charge is 2.15. The van der Waals surface area contributed by atoms with E-state index in [0.29, 0.717) is 22.5 Å². The van der Waals surface area contributed by atoms with E-state index in [9.17, 15) is 9.59 Å². The van der Waals surface area contributed by atoms with Gasteiger partial charge in [0.1, 0.15) is 0 Å². The molecule has 0 spiro atoms. The third kappa shape index (κ3) is 3.49. The summed E-state index contributed by atoms with van der Waals surface area (Å²) in [7, 11) is 0. The van der Waals surface area contributed by atoms with E-state index in [4.69, 9.17) is 8.94 Å². The summed E-state index contributed by atoms with van der Waals surface area (Å²) in [4.78, 5) is 24.7.